The van der Waals surface area contributed by atoms with Crippen molar-refractivity contribution >= 4 is 16.7 Å². The molecule has 1 aliphatic rings. The van der Waals surface area contributed by atoms with E-state index in [2.05, 4.69) is 53.5 Å². The molecule has 2 heterocycles. The number of nitrogens with zero attached hydrogens (tertiary/aromatic N) is 3. The lowest BCUT2D eigenvalue weighted by molar-refractivity contribution is 0.265. The average Bonchev–Trinajstić information content (AvgIpc) is 2.95. The summed E-state index contributed by atoms with van der Waals surface area (Å²) in [7, 11) is 6.29. The van der Waals surface area contributed by atoms with Gasteiger partial charge in [0, 0.05) is 43.7 Å². The monoisotopic (exact) mass is 284 g/mol. The minimum Gasteiger partial charge on any atom is -0.373 e. The number of likely N-dealkylation sites (tertiary alicyclic amines) is 1. The molecule has 1 atom stereocenters. The van der Waals surface area contributed by atoms with Crippen LogP contribution in [0.3, 0.4) is 0 Å². The van der Waals surface area contributed by atoms with Crippen molar-refractivity contribution < 1.29 is 0 Å². The van der Waals surface area contributed by atoms with E-state index in [1.54, 1.807) is 0 Å². The molecule has 4 heteroatoms. The maximum Gasteiger partial charge on any atom is 0.130 e. The Hall–Kier alpha value is -1.65. The number of fused-ring (bicyclic) bond motifs is 1. The van der Waals surface area contributed by atoms with Crippen molar-refractivity contribution in [1.29, 1.82) is 0 Å². The van der Waals surface area contributed by atoms with Crippen LogP contribution in [-0.4, -0.2) is 55.1 Å². The average molecular weight is 284 g/mol. The summed E-state index contributed by atoms with van der Waals surface area (Å²) in [4.78, 5) is 9.60. The summed E-state index contributed by atoms with van der Waals surface area (Å²) in [5, 5.41) is 4.46. The molecule has 0 aliphatic carbocycles. The summed E-state index contributed by atoms with van der Waals surface area (Å²) < 4.78 is 0. The Labute approximate surface area is 126 Å². The zero-order valence-electron chi connectivity index (χ0n) is 13.1. The summed E-state index contributed by atoms with van der Waals surface area (Å²) in [5.41, 5.74) is 2.34. The first-order valence-corrected chi connectivity index (χ1v) is 7.62. The highest BCUT2D eigenvalue weighted by molar-refractivity contribution is 5.81. The number of benzene rings is 1. The summed E-state index contributed by atoms with van der Waals surface area (Å²) in [6.07, 6.45) is 1.25. The highest BCUT2D eigenvalue weighted by atomic mass is 15.2. The summed E-state index contributed by atoms with van der Waals surface area (Å²) in [5.74, 6) is 1.00. The summed E-state index contributed by atoms with van der Waals surface area (Å²) in [6, 6.07) is 11.3. The maximum atomic E-state index is 4.74. The smallest absolute Gasteiger partial charge is 0.130 e. The Morgan fingerprint density at radius 2 is 2.14 bits per heavy atom. The van der Waals surface area contributed by atoms with E-state index < -0.39 is 0 Å². The van der Waals surface area contributed by atoms with E-state index in [9.17, 15) is 0 Å². The summed E-state index contributed by atoms with van der Waals surface area (Å²) >= 11 is 0. The standard InChI is InChI=1S/C17H24N4/c1-18-17-14(10-13-6-4-5-7-16(13)19-17)11-21-9-8-15(12-21)20(2)3/h4-7,10,15H,8-9,11-12H2,1-3H3,(H,18,19). The zero-order valence-corrected chi connectivity index (χ0v) is 13.1. The van der Waals surface area contributed by atoms with E-state index in [-0.39, 0.29) is 0 Å². The van der Waals surface area contributed by atoms with Crippen molar-refractivity contribution in [2.75, 3.05) is 39.5 Å². The van der Waals surface area contributed by atoms with Crippen LogP contribution in [0.1, 0.15) is 12.0 Å². The quantitative estimate of drug-likeness (QED) is 0.934. The first kappa shape index (κ1) is 14.3. The molecule has 0 radical (unpaired) electrons. The number of aromatic nitrogens is 1. The van der Waals surface area contributed by atoms with Crippen LogP contribution in [0.2, 0.25) is 0 Å². The Morgan fingerprint density at radius 3 is 2.86 bits per heavy atom. The third-order valence-electron chi connectivity index (χ3n) is 4.41. The Morgan fingerprint density at radius 1 is 1.33 bits per heavy atom. The molecule has 3 rings (SSSR count). The number of para-hydroxylation sites is 1. The highest BCUT2D eigenvalue weighted by Gasteiger charge is 2.24. The van der Waals surface area contributed by atoms with Gasteiger partial charge in [0.1, 0.15) is 5.82 Å². The minimum absolute atomic E-state index is 0.677. The lowest BCUT2D eigenvalue weighted by atomic mass is 10.1. The van der Waals surface area contributed by atoms with Crippen LogP contribution in [0.5, 0.6) is 0 Å². The van der Waals surface area contributed by atoms with Gasteiger partial charge in [0.05, 0.1) is 5.52 Å². The zero-order chi connectivity index (χ0) is 14.8. The molecule has 1 unspecified atom stereocenters. The van der Waals surface area contributed by atoms with Crippen molar-refractivity contribution in [3.63, 3.8) is 0 Å². The topological polar surface area (TPSA) is 31.4 Å². The second-order valence-electron chi connectivity index (χ2n) is 6.08. The van der Waals surface area contributed by atoms with Crippen LogP contribution in [0, 0.1) is 0 Å². The Kier molecular flexibility index (Phi) is 4.08. The third-order valence-corrected chi connectivity index (χ3v) is 4.41. The van der Waals surface area contributed by atoms with E-state index in [4.69, 9.17) is 4.98 Å². The molecular formula is C17H24N4. The molecule has 1 fully saturated rings. The maximum absolute atomic E-state index is 4.74. The van der Waals surface area contributed by atoms with Gasteiger partial charge >= 0.3 is 0 Å². The number of rotatable bonds is 4. The lowest BCUT2D eigenvalue weighted by Gasteiger charge is -2.21. The molecule has 1 aromatic carbocycles. The van der Waals surface area contributed by atoms with Crippen molar-refractivity contribution in [2.24, 2.45) is 0 Å². The van der Waals surface area contributed by atoms with Crippen LogP contribution in [0.25, 0.3) is 10.9 Å². The number of likely N-dealkylation sites (N-methyl/N-ethyl adjacent to an activating group) is 1. The van der Waals surface area contributed by atoms with Crippen LogP contribution in [-0.2, 0) is 6.54 Å². The van der Waals surface area contributed by atoms with E-state index >= 15 is 0 Å². The molecule has 0 saturated carbocycles. The van der Waals surface area contributed by atoms with Gasteiger partial charge < -0.3 is 10.2 Å². The van der Waals surface area contributed by atoms with E-state index in [1.807, 2.05) is 13.1 Å². The fraction of sp³-hybridized carbons (Fsp3) is 0.471. The van der Waals surface area contributed by atoms with Crippen LogP contribution in [0.4, 0.5) is 5.82 Å². The van der Waals surface area contributed by atoms with Gasteiger partial charge in [0.25, 0.3) is 0 Å². The predicted molar refractivity (Wildman–Crippen MR) is 88.7 cm³/mol. The fourth-order valence-corrected chi connectivity index (χ4v) is 3.11. The number of anilines is 1. The second kappa shape index (κ2) is 6.00. The molecule has 1 saturated heterocycles. The lowest BCUT2D eigenvalue weighted by Crippen LogP contribution is -2.31. The van der Waals surface area contributed by atoms with Gasteiger partial charge in [-0.05, 0) is 32.6 Å². The van der Waals surface area contributed by atoms with Gasteiger partial charge in [-0.25, -0.2) is 4.98 Å². The van der Waals surface area contributed by atoms with Gasteiger partial charge in [-0.1, -0.05) is 18.2 Å². The van der Waals surface area contributed by atoms with Crippen LogP contribution in [0.15, 0.2) is 30.3 Å². The van der Waals surface area contributed by atoms with E-state index in [1.165, 1.54) is 23.9 Å². The molecule has 21 heavy (non-hydrogen) atoms. The first-order valence-electron chi connectivity index (χ1n) is 7.62. The number of pyridine rings is 1. The second-order valence-corrected chi connectivity index (χ2v) is 6.08. The molecule has 112 valence electrons. The largest absolute Gasteiger partial charge is 0.373 e. The highest BCUT2D eigenvalue weighted by Crippen LogP contribution is 2.23. The Bertz CT molecular complexity index is 623. The van der Waals surface area contributed by atoms with Crippen molar-refractivity contribution in [1.82, 2.24) is 14.8 Å². The predicted octanol–water partition coefficient (Wildman–Crippen LogP) is 2.41. The molecular weight excluding hydrogens is 260 g/mol. The SMILES string of the molecule is CNc1nc2ccccc2cc1CN1CCC(N(C)C)C1. The molecule has 0 amide bonds. The minimum atomic E-state index is 0.677. The van der Waals surface area contributed by atoms with E-state index in [0.29, 0.717) is 6.04 Å². The van der Waals surface area contributed by atoms with Crippen molar-refractivity contribution in [2.45, 2.75) is 19.0 Å². The van der Waals surface area contributed by atoms with E-state index in [0.717, 1.165) is 24.4 Å². The molecule has 1 N–H and O–H groups in total. The van der Waals surface area contributed by atoms with Gasteiger partial charge in [0.15, 0.2) is 0 Å². The number of nitrogens with one attached hydrogen (secondary N) is 1. The van der Waals surface area contributed by atoms with Gasteiger partial charge in [-0.2, -0.15) is 0 Å². The summed E-state index contributed by atoms with van der Waals surface area (Å²) in [6.45, 7) is 3.28. The van der Waals surface area contributed by atoms with Crippen LogP contribution >= 0.6 is 0 Å². The molecule has 0 spiro atoms. The Balaban J connectivity index is 1.83. The molecule has 1 aliphatic heterocycles. The van der Waals surface area contributed by atoms with Gasteiger partial charge in [-0.15, -0.1) is 0 Å². The van der Waals surface area contributed by atoms with Crippen LogP contribution < -0.4 is 5.32 Å². The third kappa shape index (κ3) is 3.01. The molecule has 4 nitrogen and oxygen atoms in total. The normalized spacial score (nSPS) is 19.5. The fourth-order valence-electron chi connectivity index (χ4n) is 3.11. The first-order chi connectivity index (χ1) is 10.2. The molecule has 2 aromatic rings. The van der Waals surface area contributed by atoms with Gasteiger partial charge in [-0.3, -0.25) is 4.90 Å². The number of hydrogen-bond acceptors (Lipinski definition) is 4. The van der Waals surface area contributed by atoms with Gasteiger partial charge in [0.2, 0.25) is 0 Å². The number of hydrogen-bond donors (Lipinski definition) is 1. The molecule has 1 aromatic heterocycles. The molecule has 0 bridgehead atoms. The van der Waals surface area contributed by atoms with Crippen molar-refractivity contribution in [3.05, 3.63) is 35.9 Å². The van der Waals surface area contributed by atoms with Crippen molar-refractivity contribution in [3.8, 4) is 0 Å².